The van der Waals surface area contributed by atoms with Crippen molar-refractivity contribution in [2.24, 2.45) is 29.4 Å². The first-order chi connectivity index (χ1) is 17.0. The lowest BCUT2D eigenvalue weighted by Crippen LogP contribution is -2.61. The van der Waals surface area contributed by atoms with E-state index in [1.165, 1.54) is 6.92 Å². The van der Waals surface area contributed by atoms with Gasteiger partial charge in [0.2, 0.25) is 6.79 Å². The predicted octanol–water partition coefficient (Wildman–Crippen LogP) is -0.996. The summed E-state index contributed by atoms with van der Waals surface area (Å²) in [6, 6.07) is -0.972. The summed E-state index contributed by atoms with van der Waals surface area (Å²) in [5.41, 5.74) is 5.64. The van der Waals surface area contributed by atoms with Crippen LogP contribution < -0.4 is 5.73 Å². The molecule has 1 heterocycles. The Morgan fingerprint density at radius 3 is 2.11 bits per heavy atom. The number of ether oxygens (including phenoxy) is 4. The smallest absolute Gasteiger partial charge is 0.369 e. The van der Waals surface area contributed by atoms with E-state index in [2.05, 4.69) is 0 Å². The molecule has 0 aromatic rings. The average Bonchev–Trinajstić information content (AvgIpc) is 2.81. The van der Waals surface area contributed by atoms with Gasteiger partial charge in [-0.25, -0.2) is 4.79 Å². The number of hydrogen-bond donors (Lipinski definition) is 5. The van der Waals surface area contributed by atoms with Crippen LogP contribution in [0.1, 0.15) is 54.4 Å². The molecule has 0 amide bonds. The lowest BCUT2D eigenvalue weighted by atomic mass is 9.80. The van der Waals surface area contributed by atoms with Gasteiger partial charge in [0.1, 0.15) is 30.6 Å². The minimum absolute atomic E-state index is 0.0345. The SMILES string of the molecule is CC(=O)CC1C(O)CC(O)(C(=O)OCOC(=O)C(N)C(C)C)OC1C(O)C(O)COC(=O)C(C)C(C)C. The monoisotopic (exact) mass is 535 g/mol. The van der Waals surface area contributed by atoms with E-state index in [4.69, 9.17) is 24.7 Å². The first-order valence-electron chi connectivity index (χ1n) is 12.2. The second-order valence-corrected chi connectivity index (χ2v) is 10.2. The zero-order chi connectivity index (χ0) is 28.7. The summed E-state index contributed by atoms with van der Waals surface area (Å²) in [6.07, 6.45) is -7.85. The van der Waals surface area contributed by atoms with Crippen molar-refractivity contribution in [2.75, 3.05) is 13.4 Å². The largest absolute Gasteiger partial charge is 0.463 e. The van der Waals surface area contributed by atoms with Crippen molar-refractivity contribution in [3.8, 4) is 0 Å². The first-order valence-corrected chi connectivity index (χ1v) is 12.2. The molecule has 0 aliphatic carbocycles. The molecule has 0 spiro atoms. The molecule has 214 valence electrons. The quantitative estimate of drug-likeness (QED) is 0.142. The van der Waals surface area contributed by atoms with Crippen LogP contribution in [0.5, 0.6) is 0 Å². The summed E-state index contributed by atoms with van der Waals surface area (Å²) in [6.45, 7) is 8.29. The fourth-order valence-corrected chi connectivity index (χ4v) is 3.56. The Kier molecular flexibility index (Phi) is 12.5. The lowest BCUT2D eigenvalue weighted by Gasteiger charge is -2.45. The van der Waals surface area contributed by atoms with Gasteiger partial charge in [0, 0.05) is 18.8 Å². The number of aliphatic hydroxyl groups is 4. The zero-order valence-electron chi connectivity index (χ0n) is 22.2. The van der Waals surface area contributed by atoms with Crippen LogP contribution in [0.15, 0.2) is 0 Å². The second-order valence-electron chi connectivity index (χ2n) is 10.2. The molecule has 0 saturated carbocycles. The van der Waals surface area contributed by atoms with Crippen molar-refractivity contribution < 1.29 is 58.6 Å². The van der Waals surface area contributed by atoms with Crippen LogP contribution in [0.25, 0.3) is 0 Å². The van der Waals surface area contributed by atoms with E-state index in [1.54, 1.807) is 34.6 Å². The lowest BCUT2D eigenvalue weighted by molar-refractivity contribution is -0.308. The van der Waals surface area contributed by atoms with E-state index in [0.29, 0.717) is 0 Å². The van der Waals surface area contributed by atoms with E-state index in [1.807, 2.05) is 0 Å². The van der Waals surface area contributed by atoms with Gasteiger partial charge in [-0.2, -0.15) is 0 Å². The Balaban J connectivity index is 2.96. The third kappa shape index (κ3) is 9.27. The van der Waals surface area contributed by atoms with Crippen LogP contribution in [-0.4, -0.2) is 93.8 Å². The van der Waals surface area contributed by atoms with Crippen molar-refractivity contribution in [3.63, 3.8) is 0 Å². The molecule has 13 nitrogen and oxygen atoms in total. The average molecular weight is 536 g/mol. The van der Waals surface area contributed by atoms with Gasteiger partial charge in [0.05, 0.1) is 18.1 Å². The molecule has 13 heteroatoms. The number of carbonyl (C=O) groups is 4. The summed E-state index contributed by atoms with van der Waals surface area (Å²) in [7, 11) is 0. The topological polar surface area (TPSA) is 212 Å². The highest BCUT2D eigenvalue weighted by Crippen LogP contribution is 2.36. The van der Waals surface area contributed by atoms with Crippen LogP contribution in [0, 0.1) is 23.7 Å². The van der Waals surface area contributed by atoms with Crippen molar-refractivity contribution in [2.45, 2.75) is 90.6 Å². The number of aliphatic hydroxyl groups excluding tert-OH is 3. The Labute approximate surface area is 216 Å². The van der Waals surface area contributed by atoms with Crippen LogP contribution in [0.3, 0.4) is 0 Å². The maximum absolute atomic E-state index is 12.6. The Morgan fingerprint density at radius 2 is 1.59 bits per heavy atom. The molecular weight excluding hydrogens is 494 g/mol. The minimum Gasteiger partial charge on any atom is -0.463 e. The van der Waals surface area contributed by atoms with Crippen LogP contribution in [0.2, 0.25) is 0 Å². The molecule has 1 saturated heterocycles. The number of Topliss-reactive ketones (excluding diaryl/α,β-unsaturated/α-hetero) is 1. The molecule has 1 aliphatic heterocycles. The fraction of sp³-hybridized carbons (Fsp3) is 0.833. The predicted molar refractivity (Wildman–Crippen MR) is 126 cm³/mol. The van der Waals surface area contributed by atoms with E-state index in [0.717, 1.165) is 0 Å². The normalized spacial score (nSPS) is 27.2. The molecular formula is C24H41NO12. The number of esters is 3. The van der Waals surface area contributed by atoms with Gasteiger partial charge in [0.15, 0.2) is 0 Å². The van der Waals surface area contributed by atoms with Crippen LogP contribution >= 0.6 is 0 Å². The minimum atomic E-state index is -2.81. The van der Waals surface area contributed by atoms with Crippen molar-refractivity contribution in [3.05, 3.63) is 0 Å². The van der Waals surface area contributed by atoms with E-state index < -0.39 is 91.6 Å². The standard InChI is InChI=1S/C24H41NO12/c1-11(2)14(6)21(30)34-9-17(28)19(29)20-15(7-13(5)26)16(27)8-24(33,37-20)23(32)36-10-35-22(31)18(25)12(3)4/h11-12,14-20,27-29,33H,7-10,25H2,1-6H3. The van der Waals surface area contributed by atoms with Gasteiger partial charge in [-0.05, 0) is 18.8 Å². The molecule has 6 N–H and O–H groups in total. The van der Waals surface area contributed by atoms with Crippen LogP contribution in [0.4, 0.5) is 0 Å². The molecule has 0 aromatic heterocycles. The molecule has 8 atom stereocenters. The van der Waals surface area contributed by atoms with E-state index >= 15 is 0 Å². The Hall–Kier alpha value is -2.16. The van der Waals surface area contributed by atoms with Crippen molar-refractivity contribution >= 4 is 23.7 Å². The molecule has 37 heavy (non-hydrogen) atoms. The maximum atomic E-state index is 12.6. The summed E-state index contributed by atoms with van der Waals surface area (Å²) in [5.74, 6) is -7.99. The Bertz CT molecular complexity index is 803. The molecule has 1 fully saturated rings. The highest BCUT2D eigenvalue weighted by molar-refractivity contribution is 5.79. The van der Waals surface area contributed by atoms with E-state index in [9.17, 15) is 39.6 Å². The number of rotatable bonds is 13. The number of ketones is 1. The van der Waals surface area contributed by atoms with Crippen molar-refractivity contribution in [1.29, 1.82) is 0 Å². The van der Waals surface area contributed by atoms with Crippen molar-refractivity contribution in [1.82, 2.24) is 0 Å². The third-order valence-electron chi connectivity index (χ3n) is 6.46. The van der Waals surface area contributed by atoms with E-state index in [-0.39, 0.29) is 18.3 Å². The molecule has 1 aliphatic rings. The van der Waals surface area contributed by atoms with Gasteiger partial charge >= 0.3 is 17.9 Å². The number of hydrogen-bond acceptors (Lipinski definition) is 13. The summed E-state index contributed by atoms with van der Waals surface area (Å²) < 4.78 is 20.0. The van der Waals surface area contributed by atoms with Gasteiger partial charge in [-0.15, -0.1) is 0 Å². The maximum Gasteiger partial charge on any atom is 0.369 e. The molecule has 0 bridgehead atoms. The Morgan fingerprint density at radius 1 is 1.00 bits per heavy atom. The molecule has 8 unspecified atom stereocenters. The van der Waals surface area contributed by atoms with Gasteiger partial charge in [0.25, 0.3) is 5.79 Å². The highest BCUT2D eigenvalue weighted by Gasteiger charge is 2.54. The molecule has 1 rings (SSSR count). The summed E-state index contributed by atoms with van der Waals surface area (Å²) >= 11 is 0. The molecule has 0 radical (unpaired) electrons. The first kappa shape index (κ1) is 32.9. The van der Waals surface area contributed by atoms with Crippen LogP contribution in [-0.2, 0) is 38.1 Å². The summed E-state index contributed by atoms with van der Waals surface area (Å²) in [5, 5.41) is 42.6. The number of nitrogens with two attached hydrogens (primary N) is 1. The highest BCUT2D eigenvalue weighted by atomic mass is 16.7. The summed E-state index contributed by atoms with van der Waals surface area (Å²) in [4.78, 5) is 48.2. The fourth-order valence-electron chi connectivity index (χ4n) is 3.56. The van der Waals surface area contributed by atoms with Gasteiger partial charge in [-0.3, -0.25) is 9.59 Å². The second kappa shape index (κ2) is 14.1. The van der Waals surface area contributed by atoms with Gasteiger partial charge < -0.3 is 49.9 Å². The van der Waals surface area contributed by atoms with Gasteiger partial charge in [-0.1, -0.05) is 34.6 Å². The zero-order valence-corrected chi connectivity index (χ0v) is 22.2. The third-order valence-corrected chi connectivity index (χ3v) is 6.46. The number of carbonyl (C=O) groups excluding carboxylic acids is 4. The molecule has 0 aromatic carbocycles.